The molecule has 0 saturated heterocycles. The van der Waals surface area contributed by atoms with Crippen LogP contribution in [-0.2, 0) is 0 Å². The van der Waals surface area contributed by atoms with E-state index in [0.717, 1.165) is 0 Å². The summed E-state index contributed by atoms with van der Waals surface area (Å²) < 4.78 is 0. The van der Waals surface area contributed by atoms with Gasteiger partial charge in [0.25, 0.3) is 0 Å². The van der Waals surface area contributed by atoms with E-state index < -0.39 is 0 Å². The SMILES string of the molecule is C[P+](C)(C)C.[Cl-].[SbH3]. The fourth-order valence-electron chi connectivity index (χ4n) is 0. The van der Waals surface area contributed by atoms with Crippen molar-refractivity contribution in [2.24, 2.45) is 0 Å². The second kappa shape index (κ2) is 5.67. The van der Waals surface area contributed by atoms with E-state index in [1.54, 1.807) is 0 Å². The predicted molar refractivity (Wildman–Crippen MR) is 40.6 cm³/mol. The van der Waals surface area contributed by atoms with Crippen LogP contribution in [0.2, 0.25) is 0 Å². The van der Waals surface area contributed by atoms with Gasteiger partial charge in [-0.3, -0.25) is 0 Å². The average molecular weight is 251 g/mol. The molecule has 7 heavy (non-hydrogen) atoms. The third-order valence-corrected chi connectivity index (χ3v) is 0. The van der Waals surface area contributed by atoms with E-state index in [-0.39, 0.29) is 44.1 Å². The van der Waals surface area contributed by atoms with Crippen LogP contribution >= 0.6 is 7.26 Å². The molecule has 0 radical (unpaired) electrons. The Labute approximate surface area is 70.6 Å². The Kier molecular flexibility index (Phi) is 12.8. The maximum atomic E-state index is 2.30. The minimum absolute atomic E-state index is 0. The van der Waals surface area contributed by atoms with Gasteiger partial charge in [-0.1, -0.05) is 0 Å². The van der Waals surface area contributed by atoms with Crippen LogP contribution < -0.4 is 12.4 Å². The number of hydrogen-bond donors (Lipinski definition) is 0. The average Bonchev–Trinajstić information content (AvgIpc) is 0.722. The molecule has 3 heteroatoms. The van der Waals surface area contributed by atoms with E-state index in [1.807, 2.05) is 0 Å². The first-order valence-electron chi connectivity index (χ1n) is 1.79. The Morgan fingerprint density at radius 2 is 0.857 bits per heavy atom. The molecule has 0 amide bonds. The predicted octanol–water partition coefficient (Wildman–Crippen LogP) is -2.66. The summed E-state index contributed by atoms with van der Waals surface area (Å²) in [4.78, 5) is 0. The quantitative estimate of drug-likeness (QED) is 0.326. The topological polar surface area (TPSA) is 0 Å². The van der Waals surface area contributed by atoms with Gasteiger partial charge in [-0.05, 0) is 0 Å². The molecule has 0 N–H and O–H groups in total. The molecule has 0 unspecified atom stereocenters. The second-order valence-electron chi connectivity index (χ2n) is 2.68. The summed E-state index contributed by atoms with van der Waals surface area (Å²) in [5.74, 6) is 0. The van der Waals surface area contributed by atoms with Gasteiger partial charge in [0, 0.05) is 33.9 Å². The molecule has 0 aliphatic carbocycles. The first-order valence-corrected chi connectivity index (χ1v) is 5.37. The molecule has 0 bridgehead atoms. The molecule has 0 heterocycles. The number of hydrogen-bond acceptors (Lipinski definition) is 0. The van der Waals surface area contributed by atoms with Crippen molar-refractivity contribution in [3.05, 3.63) is 0 Å². The minimum atomic E-state index is -0.389. The molecule has 0 saturated carbocycles. The monoisotopic (exact) mass is 250 g/mol. The van der Waals surface area contributed by atoms with Gasteiger partial charge in [-0.25, -0.2) is 0 Å². The number of rotatable bonds is 0. The van der Waals surface area contributed by atoms with Gasteiger partial charge in [0.1, 0.15) is 0 Å². The van der Waals surface area contributed by atoms with Crippen molar-refractivity contribution in [1.82, 2.24) is 0 Å². The molecule has 0 spiro atoms. The van der Waals surface area contributed by atoms with Gasteiger partial charge in [-0.15, -0.1) is 0 Å². The van der Waals surface area contributed by atoms with Gasteiger partial charge < -0.3 is 12.4 Å². The van der Waals surface area contributed by atoms with E-state index in [1.165, 1.54) is 0 Å². The summed E-state index contributed by atoms with van der Waals surface area (Å²) in [6.07, 6.45) is 0. The molecule has 0 aliphatic heterocycles. The van der Waals surface area contributed by atoms with Crippen LogP contribution in [0, 0.1) is 0 Å². The third kappa shape index (κ3) is 97.7. The Morgan fingerprint density at radius 1 is 0.857 bits per heavy atom. The van der Waals surface area contributed by atoms with Crippen LogP contribution in [0.15, 0.2) is 0 Å². The van der Waals surface area contributed by atoms with E-state index in [2.05, 4.69) is 26.7 Å². The summed E-state index contributed by atoms with van der Waals surface area (Å²) in [7, 11) is -0.389. The van der Waals surface area contributed by atoms with Crippen molar-refractivity contribution in [3.8, 4) is 0 Å². The summed E-state index contributed by atoms with van der Waals surface area (Å²) in [5, 5.41) is 0. The molecule has 0 rings (SSSR count). The summed E-state index contributed by atoms with van der Waals surface area (Å²) in [6.45, 7) is 9.19. The van der Waals surface area contributed by atoms with Crippen molar-refractivity contribution in [1.29, 1.82) is 0 Å². The Bertz CT molecular complexity index is 27.2. The van der Waals surface area contributed by atoms with Crippen LogP contribution in [0.4, 0.5) is 0 Å². The van der Waals surface area contributed by atoms with E-state index in [0.29, 0.717) is 0 Å². The molecule has 0 aromatic carbocycles. The molecular formula is C4H15ClPSb. The van der Waals surface area contributed by atoms with E-state index in [9.17, 15) is 0 Å². The third-order valence-electron chi connectivity index (χ3n) is 0. The van der Waals surface area contributed by atoms with Crippen molar-refractivity contribution >= 4 is 31.7 Å². The Morgan fingerprint density at radius 3 is 0.857 bits per heavy atom. The maximum absolute atomic E-state index is 2.30. The fourth-order valence-corrected chi connectivity index (χ4v) is 0. The molecule has 0 nitrogen and oxygen atoms in total. The molecule has 48 valence electrons. The molecule has 0 fully saturated rings. The zero-order valence-corrected chi connectivity index (χ0v) is 11.2. The van der Waals surface area contributed by atoms with Crippen LogP contribution in [0.25, 0.3) is 0 Å². The van der Waals surface area contributed by atoms with Crippen molar-refractivity contribution in [2.75, 3.05) is 26.7 Å². The standard InChI is InChI=1S/C4H12P.ClH.Sb.3H/c1-5(2,3)4;;;;;/h1-4H3;1H;;;;/q+1;;;;;/p-1. The fraction of sp³-hybridized carbons (Fsp3) is 1.00. The molecule has 0 aromatic rings. The van der Waals surface area contributed by atoms with Gasteiger partial charge in [0.2, 0.25) is 0 Å². The van der Waals surface area contributed by atoms with Crippen molar-refractivity contribution in [3.63, 3.8) is 0 Å². The zero-order chi connectivity index (χ0) is 4.50. The zero-order valence-electron chi connectivity index (χ0n) is 5.53. The van der Waals surface area contributed by atoms with Gasteiger partial charge in [-0.2, -0.15) is 0 Å². The van der Waals surface area contributed by atoms with Crippen molar-refractivity contribution < 1.29 is 12.4 Å². The summed E-state index contributed by atoms with van der Waals surface area (Å²) >= 11 is 0. The molecule has 0 atom stereocenters. The van der Waals surface area contributed by atoms with Gasteiger partial charge in [0.15, 0.2) is 0 Å². The first-order chi connectivity index (χ1) is 2.00. The summed E-state index contributed by atoms with van der Waals surface area (Å²) in [6, 6.07) is 0. The molecular weight excluding hydrogens is 236 g/mol. The van der Waals surface area contributed by atoms with Crippen molar-refractivity contribution in [2.45, 2.75) is 0 Å². The first kappa shape index (κ1) is 15.8. The molecule has 0 aliphatic rings. The number of halogens is 1. The summed E-state index contributed by atoms with van der Waals surface area (Å²) in [5.41, 5.74) is 0. The van der Waals surface area contributed by atoms with Gasteiger partial charge in [0.05, 0.1) is 0 Å². The molecule has 0 aromatic heterocycles. The van der Waals surface area contributed by atoms with E-state index >= 15 is 0 Å². The van der Waals surface area contributed by atoms with Crippen LogP contribution in [-0.4, -0.2) is 51.1 Å². The van der Waals surface area contributed by atoms with Gasteiger partial charge >= 0.3 is 24.4 Å². The normalized spacial score (nSPS) is 8.57. The Hall–Kier alpha value is 1.54. The Balaban J connectivity index is -0.0000000800. The van der Waals surface area contributed by atoms with Crippen LogP contribution in [0.5, 0.6) is 0 Å². The van der Waals surface area contributed by atoms with Crippen LogP contribution in [0.1, 0.15) is 0 Å². The second-order valence-corrected chi connectivity index (χ2v) is 8.05. The van der Waals surface area contributed by atoms with Crippen LogP contribution in [0.3, 0.4) is 0 Å². The van der Waals surface area contributed by atoms with E-state index in [4.69, 9.17) is 0 Å².